The minimum atomic E-state index is 0.580. The van der Waals surface area contributed by atoms with Gasteiger partial charge < -0.3 is 0 Å². The smallest absolute Gasteiger partial charge is 0.0141 e. The van der Waals surface area contributed by atoms with E-state index in [0.29, 0.717) is 5.92 Å². The van der Waals surface area contributed by atoms with E-state index < -0.39 is 0 Å². The summed E-state index contributed by atoms with van der Waals surface area (Å²) in [4.78, 5) is 0. The Bertz CT molecular complexity index is 218. The van der Waals surface area contributed by atoms with Gasteiger partial charge in [-0.05, 0) is 46.0 Å². The van der Waals surface area contributed by atoms with Gasteiger partial charge >= 0.3 is 0 Å². The Morgan fingerprint density at radius 2 is 1.79 bits per heavy atom. The molecule has 0 N–H and O–H groups in total. The van der Waals surface area contributed by atoms with Crippen molar-refractivity contribution in [1.29, 1.82) is 0 Å². The molecule has 0 bridgehead atoms. The Balaban J connectivity index is 3.81. The van der Waals surface area contributed by atoms with Gasteiger partial charge in [0.05, 0.1) is 0 Å². The maximum absolute atomic E-state index is 5.93. The first-order valence-electron chi connectivity index (χ1n) is 5.10. The Labute approximate surface area is 98.0 Å². The van der Waals surface area contributed by atoms with Crippen LogP contribution in [0.3, 0.4) is 0 Å². The molecule has 0 rings (SSSR count). The Morgan fingerprint density at radius 3 is 2.21 bits per heavy atom. The van der Waals surface area contributed by atoms with Crippen molar-refractivity contribution in [3.05, 3.63) is 21.7 Å². The van der Waals surface area contributed by atoms with E-state index in [9.17, 15) is 0 Å². The first-order valence-corrected chi connectivity index (χ1v) is 5.86. The van der Waals surface area contributed by atoms with Crippen molar-refractivity contribution >= 4 is 23.2 Å². The van der Waals surface area contributed by atoms with Gasteiger partial charge in [-0.15, -0.1) is 0 Å². The van der Waals surface area contributed by atoms with Crippen molar-refractivity contribution in [3.63, 3.8) is 0 Å². The summed E-state index contributed by atoms with van der Waals surface area (Å²) in [5.41, 5.74) is 1.30. The lowest BCUT2D eigenvalue weighted by Gasteiger charge is -2.12. The number of hydrogen-bond donors (Lipinski definition) is 0. The topological polar surface area (TPSA) is 0 Å². The molecule has 0 radical (unpaired) electrons. The highest BCUT2D eigenvalue weighted by Crippen LogP contribution is 2.22. The molecule has 0 aromatic heterocycles. The lowest BCUT2D eigenvalue weighted by atomic mass is 9.96. The standard InChI is InChI=1S/C12H20Cl2/c1-9(11(3)12(4)14)7-5-6-8-10(2)13/h8-9H,5-7H2,1-4H3/b10-8-,12-11+. The van der Waals surface area contributed by atoms with Crippen LogP contribution in [0.5, 0.6) is 0 Å². The summed E-state index contributed by atoms with van der Waals surface area (Å²) in [6.07, 6.45) is 5.48. The third kappa shape index (κ3) is 6.50. The van der Waals surface area contributed by atoms with E-state index in [-0.39, 0.29) is 0 Å². The highest BCUT2D eigenvalue weighted by Gasteiger charge is 2.05. The van der Waals surface area contributed by atoms with Crippen LogP contribution in [0, 0.1) is 5.92 Å². The van der Waals surface area contributed by atoms with E-state index in [0.717, 1.165) is 16.5 Å². The highest BCUT2D eigenvalue weighted by atomic mass is 35.5. The zero-order valence-electron chi connectivity index (χ0n) is 9.53. The summed E-state index contributed by atoms with van der Waals surface area (Å²) in [7, 11) is 0. The number of hydrogen-bond acceptors (Lipinski definition) is 0. The van der Waals surface area contributed by atoms with Gasteiger partial charge in [0.25, 0.3) is 0 Å². The first kappa shape index (κ1) is 14.1. The lowest BCUT2D eigenvalue weighted by Crippen LogP contribution is -1.97. The molecule has 0 heterocycles. The fourth-order valence-corrected chi connectivity index (χ4v) is 1.58. The summed E-state index contributed by atoms with van der Waals surface area (Å²) in [6.45, 7) is 8.20. The van der Waals surface area contributed by atoms with Gasteiger partial charge in [0.2, 0.25) is 0 Å². The zero-order valence-corrected chi connectivity index (χ0v) is 11.0. The second-order valence-corrected chi connectivity index (χ2v) is 5.00. The number of rotatable bonds is 5. The molecule has 0 saturated heterocycles. The fraction of sp³-hybridized carbons (Fsp3) is 0.667. The van der Waals surface area contributed by atoms with Crippen LogP contribution in [0.4, 0.5) is 0 Å². The molecule has 0 aromatic rings. The summed E-state index contributed by atoms with van der Waals surface area (Å²) in [5.74, 6) is 0.580. The second-order valence-electron chi connectivity index (χ2n) is 3.84. The van der Waals surface area contributed by atoms with Crippen LogP contribution in [0.2, 0.25) is 0 Å². The molecule has 0 saturated carbocycles. The molecule has 0 spiro atoms. The van der Waals surface area contributed by atoms with Crippen LogP contribution >= 0.6 is 23.2 Å². The molecule has 0 fully saturated rings. The molecule has 82 valence electrons. The molecule has 0 aliphatic carbocycles. The maximum atomic E-state index is 5.93. The van der Waals surface area contributed by atoms with Crippen LogP contribution in [0.1, 0.15) is 47.0 Å². The third-order valence-electron chi connectivity index (χ3n) is 2.55. The zero-order chi connectivity index (χ0) is 11.1. The van der Waals surface area contributed by atoms with E-state index in [1.54, 1.807) is 0 Å². The van der Waals surface area contributed by atoms with E-state index in [4.69, 9.17) is 23.2 Å². The highest BCUT2D eigenvalue weighted by molar-refractivity contribution is 6.29. The van der Waals surface area contributed by atoms with Crippen molar-refractivity contribution in [1.82, 2.24) is 0 Å². The van der Waals surface area contributed by atoms with Gasteiger partial charge in [-0.1, -0.05) is 41.8 Å². The van der Waals surface area contributed by atoms with Crippen LogP contribution < -0.4 is 0 Å². The molecule has 0 aliphatic heterocycles. The van der Waals surface area contributed by atoms with Crippen LogP contribution in [0.15, 0.2) is 21.7 Å². The maximum Gasteiger partial charge on any atom is 0.0141 e. The molecular formula is C12H20Cl2. The SMILES string of the molecule is C/C(Cl)=C/CCCC(C)/C(C)=C(\C)Cl. The fourth-order valence-electron chi connectivity index (χ4n) is 1.28. The van der Waals surface area contributed by atoms with Crippen LogP contribution in [-0.4, -0.2) is 0 Å². The van der Waals surface area contributed by atoms with Gasteiger partial charge in [-0.3, -0.25) is 0 Å². The largest absolute Gasteiger partial charge is 0.0898 e. The third-order valence-corrected chi connectivity index (χ3v) is 3.00. The number of allylic oxidation sites excluding steroid dienone is 4. The number of unbranched alkanes of at least 4 members (excludes halogenated alkanes) is 1. The summed E-state index contributed by atoms with van der Waals surface area (Å²) >= 11 is 11.7. The van der Waals surface area contributed by atoms with Gasteiger partial charge in [0, 0.05) is 10.1 Å². The molecule has 0 nitrogen and oxygen atoms in total. The predicted octanol–water partition coefficient (Wildman–Crippen LogP) is 5.47. The minimum Gasteiger partial charge on any atom is -0.0898 e. The van der Waals surface area contributed by atoms with Crippen molar-refractivity contribution in [2.75, 3.05) is 0 Å². The Hall–Kier alpha value is 0.0600. The van der Waals surface area contributed by atoms with Gasteiger partial charge in [-0.2, -0.15) is 0 Å². The summed E-state index contributed by atoms with van der Waals surface area (Å²) in [5, 5.41) is 1.82. The van der Waals surface area contributed by atoms with Crippen molar-refractivity contribution < 1.29 is 0 Å². The minimum absolute atomic E-state index is 0.580. The molecule has 0 amide bonds. The van der Waals surface area contributed by atoms with Gasteiger partial charge in [0.1, 0.15) is 0 Å². The molecule has 14 heavy (non-hydrogen) atoms. The number of halogens is 2. The van der Waals surface area contributed by atoms with Crippen LogP contribution in [0.25, 0.3) is 0 Å². The molecular weight excluding hydrogens is 215 g/mol. The summed E-state index contributed by atoms with van der Waals surface area (Å²) < 4.78 is 0. The second kappa shape index (κ2) is 7.36. The van der Waals surface area contributed by atoms with E-state index >= 15 is 0 Å². The molecule has 0 aromatic carbocycles. The van der Waals surface area contributed by atoms with Crippen molar-refractivity contribution in [2.45, 2.75) is 47.0 Å². The average Bonchev–Trinajstić information content (AvgIpc) is 2.10. The van der Waals surface area contributed by atoms with E-state index in [1.165, 1.54) is 18.4 Å². The van der Waals surface area contributed by atoms with Crippen molar-refractivity contribution in [2.24, 2.45) is 5.92 Å². The normalized spacial score (nSPS) is 16.6. The average molecular weight is 235 g/mol. The molecule has 1 atom stereocenters. The molecule has 2 heteroatoms. The Morgan fingerprint density at radius 1 is 1.21 bits per heavy atom. The van der Waals surface area contributed by atoms with E-state index in [1.807, 2.05) is 13.8 Å². The van der Waals surface area contributed by atoms with Gasteiger partial charge in [0.15, 0.2) is 0 Å². The molecule has 1 unspecified atom stereocenters. The first-order chi connectivity index (χ1) is 6.45. The van der Waals surface area contributed by atoms with Crippen molar-refractivity contribution in [3.8, 4) is 0 Å². The summed E-state index contributed by atoms with van der Waals surface area (Å²) in [6, 6.07) is 0. The Kier molecular flexibility index (Phi) is 7.40. The van der Waals surface area contributed by atoms with Gasteiger partial charge in [-0.25, -0.2) is 0 Å². The monoisotopic (exact) mass is 234 g/mol. The molecule has 0 aliphatic rings. The van der Waals surface area contributed by atoms with Crippen LogP contribution in [-0.2, 0) is 0 Å². The van der Waals surface area contributed by atoms with E-state index in [2.05, 4.69) is 19.9 Å². The lowest BCUT2D eigenvalue weighted by molar-refractivity contribution is 0.581. The quantitative estimate of drug-likeness (QED) is 0.554. The predicted molar refractivity (Wildman–Crippen MR) is 66.9 cm³/mol.